The third-order valence-corrected chi connectivity index (χ3v) is 4.17. The number of rotatable bonds is 4. The van der Waals surface area contributed by atoms with Gasteiger partial charge in [0.25, 0.3) is 0 Å². The van der Waals surface area contributed by atoms with Crippen molar-refractivity contribution in [1.82, 2.24) is 10.3 Å². The number of hydrogen-bond donors (Lipinski definition) is 2. The minimum absolute atomic E-state index is 0.721. The molecular weight excluding hydrogens is 220 g/mol. The number of nitrogens with one attached hydrogen (secondary N) is 1. The van der Waals surface area contributed by atoms with Gasteiger partial charge in [0.05, 0.1) is 0 Å². The number of unbranched alkanes of at least 4 members (excludes halogenated alkanes) is 1. The van der Waals surface area contributed by atoms with Crippen LogP contribution in [0.25, 0.3) is 0 Å². The van der Waals surface area contributed by atoms with Gasteiger partial charge in [0.1, 0.15) is 0 Å². The Hall–Kier alpha value is -0.420. The molecule has 1 aliphatic rings. The van der Waals surface area contributed by atoms with E-state index in [0.29, 0.717) is 0 Å². The van der Waals surface area contributed by atoms with E-state index in [1.165, 1.54) is 18.6 Å². The molecule has 94 valence electrons. The number of nitrogens with two attached hydrogens (primary N) is 1. The van der Waals surface area contributed by atoms with Crippen molar-refractivity contribution in [2.45, 2.75) is 38.4 Å². The van der Waals surface area contributed by atoms with Crippen molar-refractivity contribution in [3.05, 3.63) is 0 Å². The van der Waals surface area contributed by atoms with Gasteiger partial charge in [0.15, 0.2) is 0 Å². The molecule has 1 unspecified atom stereocenters. The van der Waals surface area contributed by atoms with Crippen LogP contribution in [0.3, 0.4) is 0 Å². The average Bonchev–Trinajstić information content (AvgIpc) is 2.35. The first kappa shape index (κ1) is 13.6. The predicted molar refractivity (Wildman–Crippen MR) is 72.6 cm³/mol. The largest absolute Gasteiger partial charge is 0.340 e. The molecule has 4 nitrogen and oxygen atoms in total. The summed E-state index contributed by atoms with van der Waals surface area (Å²) in [5.41, 5.74) is 2.74. The highest BCUT2D eigenvalue weighted by Gasteiger charge is 2.20. The van der Waals surface area contributed by atoms with Gasteiger partial charge in [-0.05, 0) is 12.8 Å². The van der Waals surface area contributed by atoms with Crippen molar-refractivity contribution in [1.29, 1.82) is 0 Å². The van der Waals surface area contributed by atoms with Crippen molar-refractivity contribution in [3.63, 3.8) is 0 Å². The van der Waals surface area contributed by atoms with Crippen molar-refractivity contribution >= 4 is 17.7 Å². The fourth-order valence-corrected chi connectivity index (χ4v) is 2.92. The van der Waals surface area contributed by atoms with E-state index in [-0.39, 0.29) is 0 Å². The zero-order valence-corrected chi connectivity index (χ0v) is 11.2. The minimum atomic E-state index is 0.721. The van der Waals surface area contributed by atoms with Crippen LogP contribution >= 0.6 is 11.8 Å². The van der Waals surface area contributed by atoms with Gasteiger partial charge in [0.2, 0.25) is 5.96 Å². The molecule has 0 aromatic rings. The van der Waals surface area contributed by atoms with Crippen molar-refractivity contribution in [3.8, 4) is 0 Å². The molecule has 0 spiro atoms. The number of guanidine groups is 1. The van der Waals surface area contributed by atoms with Crippen LogP contribution in [0.1, 0.15) is 33.1 Å². The van der Waals surface area contributed by atoms with Crippen LogP contribution in [0.4, 0.5) is 0 Å². The van der Waals surface area contributed by atoms with E-state index in [1.54, 1.807) is 0 Å². The summed E-state index contributed by atoms with van der Waals surface area (Å²) in [4.78, 5) is 6.80. The van der Waals surface area contributed by atoms with Crippen LogP contribution in [0.15, 0.2) is 4.99 Å². The Morgan fingerprint density at radius 1 is 1.56 bits per heavy atom. The zero-order chi connectivity index (χ0) is 11.8. The van der Waals surface area contributed by atoms with E-state index in [2.05, 4.69) is 40.9 Å². The lowest BCUT2D eigenvalue weighted by Gasteiger charge is -2.33. The Bertz CT molecular complexity index is 220. The Balaban J connectivity index is 2.47. The molecular formula is C11H24N4S. The van der Waals surface area contributed by atoms with Crippen LogP contribution in [0, 0.1) is 0 Å². The molecule has 1 saturated heterocycles. The minimum Gasteiger partial charge on any atom is -0.340 e. The summed E-state index contributed by atoms with van der Waals surface area (Å²) in [6.45, 7) is 7.41. The van der Waals surface area contributed by atoms with Gasteiger partial charge in [-0.2, -0.15) is 11.8 Å². The maximum Gasteiger partial charge on any atom is 0.208 e. The van der Waals surface area contributed by atoms with E-state index in [0.717, 1.165) is 37.3 Å². The number of aliphatic imine (C=N–C) groups is 1. The molecule has 1 atom stereocenters. The fraction of sp³-hybridized carbons (Fsp3) is 0.909. The summed E-state index contributed by atoms with van der Waals surface area (Å²) in [5, 5.41) is 0.721. The zero-order valence-electron chi connectivity index (χ0n) is 10.4. The van der Waals surface area contributed by atoms with Crippen LogP contribution in [0.2, 0.25) is 0 Å². The van der Waals surface area contributed by atoms with E-state index in [4.69, 9.17) is 5.84 Å². The molecule has 0 aliphatic carbocycles. The third kappa shape index (κ3) is 4.22. The lowest BCUT2D eigenvalue weighted by atomic mass is 10.3. The Kier molecular flexibility index (Phi) is 6.64. The monoisotopic (exact) mass is 244 g/mol. The molecule has 0 bridgehead atoms. The third-order valence-electron chi connectivity index (χ3n) is 2.80. The Morgan fingerprint density at radius 3 is 3.00 bits per heavy atom. The van der Waals surface area contributed by atoms with E-state index in [9.17, 15) is 0 Å². The average molecular weight is 244 g/mol. The van der Waals surface area contributed by atoms with Crippen LogP contribution in [-0.2, 0) is 0 Å². The van der Waals surface area contributed by atoms with Crippen molar-refractivity contribution in [2.24, 2.45) is 10.8 Å². The van der Waals surface area contributed by atoms with Gasteiger partial charge >= 0.3 is 0 Å². The highest BCUT2D eigenvalue weighted by Crippen LogP contribution is 2.20. The van der Waals surface area contributed by atoms with Gasteiger partial charge in [-0.3, -0.25) is 10.4 Å². The maximum absolute atomic E-state index is 5.54. The molecule has 16 heavy (non-hydrogen) atoms. The summed E-state index contributed by atoms with van der Waals surface area (Å²) in [6.07, 6.45) is 3.52. The van der Waals surface area contributed by atoms with Crippen LogP contribution < -0.4 is 11.3 Å². The summed E-state index contributed by atoms with van der Waals surface area (Å²) in [7, 11) is 0. The van der Waals surface area contributed by atoms with Crippen LogP contribution in [0.5, 0.6) is 0 Å². The van der Waals surface area contributed by atoms with E-state index < -0.39 is 0 Å². The highest BCUT2D eigenvalue weighted by atomic mass is 32.2. The lowest BCUT2D eigenvalue weighted by molar-refractivity contribution is 0.408. The van der Waals surface area contributed by atoms with E-state index in [1.807, 2.05) is 0 Å². The smallest absolute Gasteiger partial charge is 0.208 e. The number of hydrazine groups is 1. The molecule has 1 rings (SSSR count). The summed E-state index contributed by atoms with van der Waals surface area (Å²) >= 11 is 2.06. The second-order valence-corrected chi connectivity index (χ2v) is 5.46. The predicted octanol–water partition coefficient (Wildman–Crippen LogP) is 1.43. The maximum atomic E-state index is 5.54. The van der Waals surface area contributed by atoms with Crippen molar-refractivity contribution in [2.75, 3.05) is 25.4 Å². The molecule has 1 fully saturated rings. The number of nitrogens with zero attached hydrogens (tertiary/aromatic N) is 2. The molecule has 0 saturated carbocycles. The SMILES string of the molecule is CCCCN=C(NN)N1CCSC(CC)C1. The van der Waals surface area contributed by atoms with Crippen molar-refractivity contribution < 1.29 is 0 Å². The Labute approximate surface area is 103 Å². The van der Waals surface area contributed by atoms with Crippen LogP contribution in [-0.4, -0.2) is 41.5 Å². The first-order valence-corrected chi connectivity index (χ1v) is 7.24. The molecule has 3 N–H and O–H groups in total. The second-order valence-electron chi connectivity index (χ2n) is 4.05. The molecule has 0 amide bonds. The summed E-state index contributed by atoms with van der Waals surface area (Å²) in [5.74, 6) is 7.58. The first-order valence-electron chi connectivity index (χ1n) is 6.19. The first-order chi connectivity index (χ1) is 7.81. The highest BCUT2D eigenvalue weighted by molar-refractivity contribution is 8.00. The molecule has 5 heteroatoms. The van der Waals surface area contributed by atoms with Gasteiger partial charge < -0.3 is 4.90 Å². The van der Waals surface area contributed by atoms with E-state index >= 15 is 0 Å². The number of thioether (sulfide) groups is 1. The van der Waals surface area contributed by atoms with Gasteiger partial charge in [-0.1, -0.05) is 20.3 Å². The summed E-state index contributed by atoms with van der Waals surface area (Å²) in [6, 6.07) is 0. The fourth-order valence-electron chi connectivity index (χ4n) is 1.74. The number of hydrogen-bond acceptors (Lipinski definition) is 3. The molecule has 0 radical (unpaired) electrons. The summed E-state index contributed by atoms with van der Waals surface area (Å²) < 4.78 is 0. The van der Waals surface area contributed by atoms with Gasteiger partial charge in [-0.15, -0.1) is 0 Å². The lowest BCUT2D eigenvalue weighted by Crippen LogP contribution is -2.50. The van der Waals surface area contributed by atoms with Gasteiger partial charge in [0, 0.05) is 30.6 Å². The molecule has 0 aromatic carbocycles. The molecule has 1 aliphatic heterocycles. The molecule has 0 aromatic heterocycles. The normalized spacial score (nSPS) is 22.3. The quantitative estimate of drug-likeness (QED) is 0.258. The topological polar surface area (TPSA) is 53.6 Å². The Morgan fingerprint density at radius 2 is 2.38 bits per heavy atom. The standard InChI is InChI=1S/C11H24N4S/c1-3-5-6-13-11(14-12)15-7-8-16-10(4-2)9-15/h10H,3-9,12H2,1-2H3,(H,13,14). The van der Waals surface area contributed by atoms with Gasteiger partial charge in [-0.25, -0.2) is 5.84 Å². The molecule has 1 heterocycles. The second kappa shape index (κ2) is 7.79.